The standard InChI is InChI=1S/C20H30N4O2/c25-20(15-5-2-1-3-6-15)24-12-16(13-24)18-21-19(26-22-18)17-7-4-10-23(17)11-14-8-9-14/h14-17H,1-13H2. The fraction of sp³-hybridized carbons (Fsp3) is 0.850. The molecule has 1 amide bonds. The van der Waals surface area contributed by atoms with Gasteiger partial charge in [0.15, 0.2) is 5.82 Å². The predicted octanol–water partition coefficient (Wildman–Crippen LogP) is 3.12. The molecule has 1 aromatic heterocycles. The molecule has 4 aliphatic rings. The average Bonchev–Trinajstić information content (AvgIpc) is 3.12. The highest BCUT2D eigenvalue weighted by atomic mass is 16.5. The summed E-state index contributed by atoms with van der Waals surface area (Å²) in [5.74, 6) is 3.39. The summed E-state index contributed by atoms with van der Waals surface area (Å²) in [5, 5.41) is 4.27. The van der Waals surface area contributed by atoms with Gasteiger partial charge in [0.2, 0.25) is 11.8 Å². The van der Waals surface area contributed by atoms with Gasteiger partial charge in [0.25, 0.3) is 0 Å². The number of amides is 1. The largest absolute Gasteiger partial charge is 0.341 e. The smallest absolute Gasteiger partial charge is 0.244 e. The van der Waals surface area contributed by atoms with E-state index < -0.39 is 0 Å². The first-order chi connectivity index (χ1) is 12.8. The summed E-state index contributed by atoms with van der Waals surface area (Å²) >= 11 is 0. The van der Waals surface area contributed by atoms with E-state index in [1.54, 1.807) is 0 Å². The second kappa shape index (κ2) is 6.95. The zero-order chi connectivity index (χ0) is 17.5. The number of carbonyl (C=O) groups excluding carboxylic acids is 1. The van der Waals surface area contributed by atoms with E-state index in [4.69, 9.17) is 9.51 Å². The molecule has 2 aliphatic heterocycles. The Morgan fingerprint density at radius 3 is 2.62 bits per heavy atom. The van der Waals surface area contributed by atoms with Gasteiger partial charge in [0.05, 0.1) is 12.0 Å². The minimum Gasteiger partial charge on any atom is -0.341 e. The minimum atomic E-state index is 0.262. The van der Waals surface area contributed by atoms with E-state index in [1.807, 2.05) is 4.90 Å². The van der Waals surface area contributed by atoms with Crippen molar-refractivity contribution in [2.45, 2.75) is 69.7 Å². The molecule has 5 rings (SSSR count). The summed E-state index contributed by atoms with van der Waals surface area (Å²) in [5.41, 5.74) is 0. The van der Waals surface area contributed by atoms with E-state index in [0.29, 0.717) is 11.9 Å². The summed E-state index contributed by atoms with van der Waals surface area (Å²) in [6.07, 6.45) is 11.0. The molecule has 3 heterocycles. The van der Waals surface area contributed by atoms with Gasteiger partial charge >= 0.3 is 0 Å². The van der Waals surface area contributed by atoms with Gasteiger partial charge in [-0.1, -0.05) is 24.4 Å². The van der Waals surface area contributed by atoms with Crippen LogP contribution in [0.25, 0.3) is 0 Å². The third-order valence-electron chi connectivity index (χ3n) is 6.81. The molecular formula is C20H30N4O2. The number of rotatable bonds is 5. The maximum Gasteiger partial charge on any atom is 0.244 e. The quantitative estimate of drug-likeness (QED) is 0.809. The van der Waals surface area contributed by atoms with Crippen LogP contribution in [0.2, 0.25) is 0 Å². The number of hydrogen-bond donors (Lipinski definition) is 0. The molecular weight excluding hydrogens is 328 g/mol. The zero-order valence-corrected chi connectivity index (χ0v) is 15.6. The van der Waals surface area contributed by atoms with Crippen LogP contribution in [-0.4, -0.2) is 52.0 Å². The van der Waals surface area contributed by atoms with Crippen LogP contribution in [0.3, 0.4) is 0 Å². The lowest BCUT2D eigenvalue weighted by molar-refractivity contribution is -0.141. The van der Waals surface area contributed by atoms with Crippen LogP contribution in [0.5, 0.6) is 0 Å². The Bertz CT molecular complexity index is 644. The number of likely N-dealkylation sites (tertiary alicyclic amines) is 2. The fourth-order valence-corrected chi connectivity index (χ4v) is 4.93. The van der Waals surface area contributed by atoms with Gasteiger partial charge in [0.1, 0.15) is 0 Å². The Morgan fingerprint density at radius 1 is 1.04 bits per heavy atom. The molecule has 1 atom stereocenters. The van der Waals surface area contributed by atoms with Crippen molar-refractivity contribution < 1.29 is 9.32 Å². The van der Waals surface area contributed by atoms with Crippen LogP contribution in [0.4, 0.5) is 0 Å². The maximum atomic E-state index is 12.6. The number of carbonyl (C=O) groups is 1. The normalized spacial score (nSPS) is 28.5. The second-order valence-corrected chi connectivity index (χ2v) is 8.86. The van der Waals surface area contributed by atoms with Crippen molar-refractivity contribution in [1.82, 2.24) is 19.9 Å². The van der Waals surface area contributed by atoms with E-state index in [-0.39, 0.29) is 11.8 Å². The first-order valence-electron chi connectivity index (χ1n) is 10.6. The molecule has 2 saturated heterocycles. The van der Waals surface area contributed by atoms with E-state index >= 15 is 0 Å². The molecule has 0 N–H and O–H groups in total. The van der Waals surface area contributed by atoms with Gasteiger partial charge in [-0.05, 0) is 51.0 Å². The highest BCUT2D eigenvalue weighted by molar-refractivity contribution is 5.79. The third-order valence-corrected chi connectivity index (χ3v) is 6.81. The van der Waals surface area contributed by atoms with Gasteiger partial charge < -0.3 is 9.42 Å². The van der Waals surface area contributed by atoms with Gasteiger partial charge in [-0.2, -0.15) is 4.98 Å². The summed E-state index contributed by atoms with van der Waals surface area (Å²) < 4.78 is 5.64. The molecule has 4 fully saturated rings. The summed E-state index contributed by atoms with van der Waals surface area (Å²) in [4.78, 5) is 21.9. The molecule has 6 heteroatoms. The van der Waals surface area contributed by atoms with Crippen molar-refractivity contribution in [2.75, 3.05) is 26.2 Å². The van der Waals surface area contributed by atoms with E-state index in [2.05, 4.69) is 10.1 Å². The molecule has 1 aromatic rings. The van der Waals surface area contributed by atoms with Crippen LogP contribution in [0.15, 0.2) is 4.52 Å². The molecule has 2 saturated carbocycles. The van der Waals surface area contributed by atoms with Crippen molar-refractivity contribution in [1.29, 1.82) is 0 Å². The summed E-state index contributed by atoms with van der Waals surface area (Å²) in [6.45, 7) is 3.89. The van der Waals surface area contributed by atoms with Gasteiger partial charge in [-0.3, -0.25) is 9.69 Å². The average molecular weight is 358 g/mol. The predicted molar refractivity (Wildman–Crippen MR) is 96.5 cm³/mol. The van der Waals surface area contributed by atoms with Crippen LogP contribution < -0.4 is 0 Å². The molecule has 0 bridgehead atoms. The lowest BCUT2D eigenvalue weighted by Crippen LogP contribution is -2.51. The highest BCUT2D eigenvalue weighted by Crippen LogP contribution is 2.38. The Hall–Kier alpha value is -1.43. The molecule has 0 aromatic carbocycles. The monoisotopic (exact) mass is 358 g/mol. The third kappa shape index (κ3) is 3.28. The number of aromatic nitrogens is 2. The van der Waals surface area contributed by atoms with E-state index in [0.717, 1.165) is 56.5 Å². The van der Waals surface area contributed by atoms with Crippen LogP contribution >= 0.6 is 0 Å². The lowest BCUT2D eigenvalue weighted by Gasteiger charge is -2.40. The summed E-state index contributed by atoms with van der Waals surface area (Å²) in [7, 11) is 0. The minimum absolute atomic E-state index is 0.262. The Morgan fingerprint density at radius 2 is 1.85 bits per heavy atom. The van der Waals surface area contributed by atoms with Crippen molar-refractivity contribution in [3.05, 3.63) is 11.7 Å². The Labute approximate surface area is 155 Å². The first-order valence-corrected chi connectivity index (χ1v) is 10.6. The first kappa shape index (κ1) is 16.7. The Kier molecular flexibility index (Phi) is 4.47. The van der Waals surface area contributed by atoms with Crippen LogP contribution in [0, 0.1) is 11.8 Å². The van der Waals surface area contributed by atoms with Crippen molar-refractivity contribution in [2.24, 2.45) is 11.8 Å². The van der Waals surface area contributed by atoms with Crippen LogP contribution in [0.1, 0.15) is 81.5 Å². The molecule has 0 spiro atoms. The molecule has 26 heavy (non-hydrogen) atoms. The molecule has 6 nitrogen and oxygen atoms in total. The molecule has 0 radical (unpaired) electrons. The van der Waals surface area contributed by atoms with Gasteiger partial charge in [0, 0.05) is 25.6 Å². The SMILES string of the molecule is O=C(C1CCCCC1)N1CC(c2noc(C3CCCN3CC3CC3)n2)C1. The maximum absolute atomic E-state index is 12.6. The van der Waals surface area contributed by atoms with Crippen LogP contribution in [-0.2, 0) is 4.79 Å². The van der Waals surface area contributed by atoms with Crippen molar-refractivity contribution >= 4 is 5.91 Å². The molecule has 142 valence electrons. The number of nitrogens with zero attached hydrogens (tertiary/aromatic N) is 4. The Balaban J connectivity index is 1.17. The lowest BCUT2D eigenvalue weighted by atomic mass is 9.86. The van der Waals surface area contributed by atoms with Gasteiger partial charge in [-0.15, -0.1) is 0 Å². The molecule has 2 aliphatic carbocycles. The van der Waals surface area contributed by atoms with E-state index in [9.17, 15) is 4.79 Å². The van der Waals surface area contributed by atoms with Crippen molar-refractivity contribution in [3.8, 4) is 0 Å². The topological polar surface area (TPSA) is 62.5 Å². The van der Waals surface area contributed by atoms with E-state index in [1.165, 1.54) is 45.1 Å². The summed E-state index contributed by atoms with van der Waals surface area (Å²) in [6, 6.07) is 0.317. The zero-order valence-electron chi connectivity index (χ0n) is 15.6. The molecule has 1 unspecified atom stereocenters. The fourth-order valence-electron chi connectivity index (χ4n) is 4.93. The second-order valence-electron chi connectivity index (χ2n) is 8.86. The van der Waals surface area contributed by atoms with Crippen molar-refractivity contribution in [3.63, 3.8) is 0 Å². The van der Waals surface area contributed by atoms with Gasteiger partial charge in [-0.25, -0.2) is 0 Å². The highest BCUT2D eigenvalue weighted by Gasteiger charge is 2.39. The number of hydrogen-bond acceptors (Lipinski definition) is 5.